The molecule has 3 aromatic rings. The van der Waals surface area contributed by atoms with Crippen molar-refractivity contribution >= 4 is 29.2 Å². The lowest BCUT2D eigenvalue weighted by Gasteiger charge is -2.17. The molecule has 0 aliphatic carbocycles. The number of carbonyl (C=O) groups is 2. The molecule has 0 unspecified atom stereocenters. The molecule has 3 N–H and O–H groups in total. The number of ether oxygens (including phenoxy) is 1. The van der Waals surface area contributed by atoms with Crippen molar-refractivity contribution in [3.63, 3.8) is 0 Å². The maximum Gasteiger partial charge on any atom is 0.267 e. The molecule has 1 aromatic heterocycles. The normalized spacial score (nSPS) is 13.7. The Balaban J connectivity index is 1.61. The van der Waals surface area contributed by atoms with Gasteiger partial charge in [-0.3, -0.25) is 9.59 Å². The number of methoxy groups -OCH3 is 1. The summed E-state index contributed by atoms with van der Waals surface area (Å²) < 4.78 is 5.28. The van der Waals surface area contributed by atoms with Gasteiger partial charge in [0.2, 0.25) is 0 Å². The largest absolute Gasteiger partial charge is 0.497 e. The number of likely N-dealkylation sites (N-methyl/N-ethyl adjacent to an activating group) is 1. The fraction of sp³-hybridized carbons (Fsp3) is 0.286. The van der Waals surface area contributed by atoms with Crippen molar-refractivity contribution in [2.75, 3.05) is 38.6 Å². The summed E-state index contributed by atoms with van der Waals surface area (Å²) in [6, 6.07) is 15.4. The van der Waals surface area contributed by atoms with Crippen LogP contribution in [-0.2, 0) is 4.79 Å². The molecule has 35 heavy (non-hydrogen) atoms. The summed E-state index contributed by atoms with van der Waals surface area (Å²) >= 11 is 0. The van der Waals surface area contributed by atoms with Crippen LogP contribution in [0.4, 0.5) is 5.69 Å². The number of nitrogens with one attached hydrogen (secondary N) is 3. The highest BCUT2D eigenvalue weighted by Gasteiger charge is 2.28. The van der Waals surface area contributed by atoms with Crippen LogP contribution < -0.4 is 15.4 Å². The Bertz CT molecular complexity index is 1250. The summed E-state index contributed by atoms with van der Waals surface area (Å²) in [6.07, 6.45) is 1.83. The third kappa shape index (κ3) is 5.15. The second-order valence-electron chi connectivity index (χ2n) is 8.53. The molecule has 0 saturated heterocycles. The minimum absolute atomic E-state index is 0.153. The van der Waals surface area contributed by atoms with E-state index in [0.717, 1.165) is 59.0 Å². The van der Waals surface area contributed by atoms with Crippen LogP contribution in [0.3, 0.4) is 0 Å². The van der Waals surface area contributed by atoms with Gasteiger partial charge in [-0.25, -0.2) is 0 Å². The lowest BCUT2D eigenvalue weighted by Crippen LogP contribution is -2.34. The summed E-state index contributed by atoms with van der Waals surface area (Å²) in [7, 11) is 1.64. The zero-order valence-corrected chi connectivity index (χ0v) is 20.7. The molecule has 0 radical (unpaired) electrons. The quantitative estimate of drug-likeness (QED) is 0.399. The highest BCUT2D eigenvalue weighted by atomic mass is 16.5. The van der Waals surface area contributed by atoms with E-state index in [1.54, 1.807) is 7.11 Å². The Morgan fingerprint density at radius 3 is 2.54 bits per heavy atom. The van der Waals surface area contributed by atoms with Crippen LogP contribution in [0.25, 0.3) is 22.8 Å². The highest BCUT2D eigenvalue weighted by Crippen LogP contribution is 2.40. The Morgan fingerprint density at radius 2 is 1.86 bits per heavy atom. The molecular weight excluding hydrogens is 440 g/mol. The van der Waals surface area contributed by atoms with Crippen LogP contribution in [-0.4, -0.2) is 55.0 Å². The molecule has 0 fully saturated rings. The fourth-order valence-electron chi connectivity index (χ4n) is 4.35. The lowest BCUT2D eigenvalue weighted by molar-refractivity contribution is -0.110. The average molecular weight is 473 g/mol. The number of anilines is 1. The number of hydrogen-bond acceptors (Lipinski definition) is 4. The van der Waals surface area contributed by atoms with Gasteiger partial charge in [0.15, 0.2) is 0 Å². The SMILES string of the molecule is CCN(CC)CCNC(=O)c1cc(C)c(C=C2C(=O)Nc3cccc(-c4ccc(OC)cc4)c32)[nH]1. The maximum atomic E-state index is 12.9. The molecule has 182 valence electrons. The summed E-state index contributed by atoms with van der Waals surface area (Å²) in [5, 5.41) is 5.94. The molecule has 0 saturated carbocycles. The second kappa shape index (κ2) is 10.6. The number of amides is 2. The van der Waals surface area contributed by atoms with Gasteiger partial charge in [0.1, 0.15) is 11.4 Å². The third-order valence-corrected chi connectivity index (χ3v) is 6.42. The molecule has 7 heteroatoms. The predicted molar refractivity (Wildman–Crippen MR) is 141 cm³/mol. The monoisotopic (exact) mass is 472 g/mol. The van der Waals surface area contributed by atoms with Crippen molar-refractivity contribution in [3.05, 3.63) is 71.0 Å². The summed E-state index contributed by atoms with van der Waals surface area (Å²) in [4.78, 5) is 31.1. The Labute approximate surface area is 206 Å². The summed E-state index contributed by atoms with van der Waals surface area (Å²) in [5.74, 6) is 0.455. The number of benzene rings is 2. The summed E-state index contributed by atoms with van der Waals surface area (Å²) in [5.41, 5.74) is 6.24. The van der Waals surface area contributed by atoms with Crippen molar-refractivity contribution in [1.82, 2.24) is 15.2 Å². The first-order valence-electron chi connectivity index (χ1n) is 12.0. The van der Waals surface area contributed by atoms with Crippen molar-refractivity contribution in [2.45, 2.75) is 20.8 Å². The number of nitrogens with zero attached hydrogens (tertiary/aromatic N) is 1. The van der Waals surface area contributed by atoms with Crippen LogP contribution in [0.15, 0.2) is 48.5 Å². The number of aromatic amines is 1. The van der Waals surface area contributed by atoms with Gasteiger partial charge < -0.3 is 25.3 Å². The zero-order valence-electron chi connectivity index (χ0n) is 20.7. The first kappa shape index (κ1) is 24.3. The molecule has 4 rings (SSSR count). The van der Waals surface area contributed by atoms with Crippen LogP contribution in [0.2, 0.25) is 0 Å². The number of carbonyl (C=O) groups excluding carboxylic acids is 2. The predicted octanol–water partition coefficient (Wildman–Crippen LogP) is 4.56. The fourth-order valence-corrected chi connectivity index (χ4v) is 4.35. The van der Waals surface area contributed by atoms with E-state index in [1.165, 1.54) is 0 Å². The molecule has 1 aliphatic rings. The van der Waals surface area contributed by atoms with Gasteiger partial charge in [-0.15, -0.1) is 0 Å². The van der Waals surface area contributed by atoms with Crippen LogP contribution in [0.5, 0.6) is 5.75 Å². The van der Waals surface area contributed by atoms with E-state index in [9.17, 15) is 9.59 Å². The number of aryl methyl sites for hydroxylation is 1. The van der Waals surface area contributed by atoms with E-state index in [-0.39, 0.29) is 11.8 Å². The van der Waals surface area contributed by atoms with Gasteiger partial charge >= 0.3 is 0 Å². The molecule has 0 bridgehead atoms. The van der Waals surface area contributed by atoms with E-state index in [2.05, 4.69) is 34.4 Å². The van der Waals surface area contributed by atoms with Crippen LogP contribution in [0.1, 0.15) is 41.2 Å². The number of aromatic nitrogens is 1. The minimum Gasteiger partial charge on any atom is -0.497 e. The van der Waals surface area contributed by atoms with Gasteiger partial charge in [-0.1, -0.05) is 38.1 Å². The first-order chi connectivity index (χ1) is 16.9. The topological polar surface area (TPSA) is 86.5 Å². The van der Waals surface area contributed by atoms with Crippen molar-refractivity contribution in [3.8, 4) is 16.9 Å². The lowest BCUT2D eigenvalue weighted by atomic mass is 9.94. The van der Waals surface area contributed by atoms with Gasteiger partial charge in [0.25, 0.3) is 11.8 Å². The second-order valence-corrected chi connectivity index (χ2v) is 8.53. The molecular formula is C28H32N4O3. The zero-order chi connectivity index (χ0) is 24.9. The number of H-pyrrole nitrogens is 1. The standard InChI is InChI=1S/C28H32N4O3/c1-5-32(6-2)15-14-29-28(34)25-16-18(3)24(30-25)17-22-26-21(8-7-9-23(26)31-27(22)33)19-10-12-20(35-4)13-11-19/h7-13,16-17,30H,5-6,14-15H2,1-4H3,(H,29,34)(H,31,33). The van der Waals surface area contributed by atoms with Crippen LogP contribution >= 0.6 is 0 Å². The first-order valence-corrected chi connectivity index (χ1v) is 12.0. The van der Waals surface area contributed by atoms with Gasteiger partial charge in [0.05, 0.1) is 12.7 Å². The number of hydrogen-bond donors (Lipinski definition) is 3. The van der Waals surface area contributed by atoms with Crippen molar-refractivity contribution in [2.24, 2.45) is 0 Å². The Kier molecular flexibility index (Phi) is 7.36. The van der Waals surface area contributed by atoms with Crippen molar-refractivity contribution < 1.29 is 14.3 Å². The number of rotatable bonds is 9. The molecule has 0 atom stereocenters. The van der Waals surface area contributed by atoms with E-state index < -0.39 is 0 Å². The Hall–Kier alpha value is -3.84. The van der Waals surface area contributed by atoms with E-state index in [0.29, 0.717) is 17.8 Å². The van der Waals surface area contributed by atoms with Crippen molar-refractivity contribution in [1.29, 1.82) is 0 Å². The van der Waals surface area contributed by atoms with Crippen LogP contribution in [0, 0.1) is 6.92 Å². The maximum absolute atomic E-state index is 12.9. The molecule has 2 heterocycles. The van der Waals surface area contributed by atoms with E-state index >= 15 is 0 Å². The number of fused-ring (bicyclic) bond motifs is 1. The third-order valence-electron chi connectivity index (χ3n) is 6.42. The van der Waals surface area contributed by atoms with Gasteiger partial charge in [-0.05, 0) is 67.0 Å². The molecule has 2 amide bonds. The highest BCUT2D eigenvalue weighted by molar-refractivity contribution is 6.36. The molecule has 7 nitrogen and oxygen atoms in total. The minimum atomic E-state index is -0.166. The average Bonchev–Trinajstić information content (AvgIpc) is 3.41. The smallest absolute Gasteiger partial charge is 0.267 e. The molecule has 0 spiro atoms. The van der Waals surface area contributed by atoms with E-state index in [1.807, 2.05) is 61.5 Å². The Morgan fingerprint density at radius 1 is 1.11 bits per heavy atom. The molecule has 1 aliphatic heterocycles. The van der Waals surface area contributed by atoms with Gasteiger partial charge in [0, 0.05) is 30.0 Å². The summed E-state index contributed by atoms with van der Waals surface area (Å²) in [6.45, 7) is 9.43. The van der Waals surface area contributed by atoms with E-state index in [4.69, 9.17) is 4.74 Å². The molecule has 2 aromatic carbocycles. The van der Waals surface area contributed by atoms with Gasteiger partial charge in [-0.2, -0.15) is 0 Å².